The second-order valence-corrected chi connectivity index (χ2v) is 3.68. The number of ether oxygens (including phenoxy) is 1. The molecule has 1 aromatic heterocycles. The van der Waals surface area contributed by atoms with Crippen LogP contribution in [0.15, 0.2) is 12.3 Å². The van der Waals surface area contributed by atoms with Crippen molar-refractivity contribution in [1.29, 1.82) is 0 Å². The van der Waals surface area contributed by atoms with Crippen LogP contribution in [-0.4, -0.2) is 11.1 Å². The Bertz CT molecular complexity index is 388. The Morgan fingerprint density at radius 2 is 2.12 bits per heavy atom. The van der Waals surface area contributed by atoms with Gasteiger partial charge in [0.2, 0.25) is 0 Å². The van der Waals surface area contributed by atoms with Crippen molar-refractivity contribution >= 4 is 0 Å². The predicted octanol–water partition coefficient (Wildman–Crippen LogP) is 2.10. The Labute approximate surface area is 90.4 Å². The van der Waals surface area contributed by atoms with Crippen molar-refractivity contribution < 1.29 is 17.9 Å². The zero-order chi connectivity index (χ0) is 11.8. The summed E-state index contributed by atoms with van der Waals surface area (Å²) in [4.78, 5) is 3.67. The molecule has 0 amide bonds. The lowest BCUT2D eigenvalue weighted by Gasteiger charge is -2.12. The number of pyridine rings is 1. The molecule has 1 aliphatic carbocycles. The molecule has 3 nitrogen and oxygen atoms in total. The van der Waals surface area contributed by atoms with E-state index < -0.39 is 11.7 Å². The molecule has 0 spiro atoms. The molecule has 0 aliphatic heterocycles. The smallest absolute Gasteiger partial charge is 0.418 e. The summed E-state index contributed by atoms with van der Waals surface area (Å²) in [5, 5.41) is 0. The van der Waals surface area contributed by atoms with Crippen LogP contribution < -0.4 is 10.5 Å². The van der Waals surface area contributed by atoms with Crippen LogP contribution in [0, 0.1) is 0 Å². The maximum atomic E-state index is 12.6. The molecule has 0 saturated heterocycles. The largest absolute Gasteiger partial charge is 0.489 e. The highest BCUT2D eigenvalue weighted by Gasteiger charge is 2.35. The Balaban J connectivity index is 2.29. The summed E-state index contributed by atoms with van der Waals surface area (Å²) in [7, 11) is 0. The molecule has 2 rings (SSSR count). The number of alkyl halides is 3. The normalized spacial score (nSPS) is 16.2. The number of halogens is 3. The highest BCUT2D eigenvalue weighted by atomic mass is 19.4. The summed E-state index contributed by atoms with van der Waals surface area (Å²) in [5.74, 6) is 0.159. The van der Waals surface area contributed by atoms with Gasteiger partial charge in [-0.25, -0.2) is 0 Å². The highest BCUT2D eigenvalue weighted by molar-refractivity contribution is 5.32. The van der Waals surface area contributed by atoms with E-state index in [0.29, 0.717) is 0 Å². The standard InChI is InChI=1S/C10H11F3N2O/c11-10(12,13)8-3-7(16-6-1-2-6)5-15-9(8)4-14/h3,5-6H,1-2,4,14H2. The molecule has 0 bridgehead atoms. The fourth-order valence-corrected chi connectivity index (χ4v) is 1.32. The van der Waals surface area contributed by atoms with Crippen molar-refractivity contribution in [2.45, 2.75) is 31.7 Å². The van der Waals surface area contributed by atoms with Crippen LogP contribution in [0.3, 0.4) is 0 Å². The monoisotopic (exact) mass is 232 g/mol. The van der Waals surface area contributed by atoms with Gasteiger partial charge in [-0.15, -0.1) is 0 Å². The van der Waals surface area contributed by atoms with E-state index in [9.17, 15) is 13.2 Å². The highest BCUT2D eigenvalue weighted by Crippen LogP contribution is 2.34. The molecule has 1 heterocycles. The van der Waals surface area contributed by atoms with E-state index in [4.69, 9.17) is 10.5 Å². The van der Waals surface area contributed by atoms with Crippen LogP contribution >= 0.6 is 0 Å². The second kappa shape index (κ2) is 3.93. The fraction of sp³-hybridized carbons (Fsp3) is 0.500. The second-order valence-electron chi connectivity index (χ2n) is 3.68. The van der Waals surface area contributed by atoms with Gasteiger partial charge in [0.15, 0.2) is 0 Å². The van der Waals surface area contributed by atoms with Crippen LogP contribution in [0.5, 0.6) is 5.75 Å². The van der Waals surface area contributed by atoms with E-state index >= 15 is 0 Å². The molecular formula is C10H11F3N2O. The molecule has 1 aliphatic rings. The summed E-state index contributed by atoms with van der Waals surface area (Å²) in [6.45, 7) is -0.238. The third-order valence-corrected chi connectivity index (χ3v) is 2.27. The Hall–Kier alpha value is -1.30. The van der Waals surface area contributed by atoms with Crippen molar-refractivity contribution in [1.82, 2.24) is 4.98 Å². The number of nitrogens with zero attached hydrogens (tertiary/aromatic N) is 1. The van der Waals surface area contributed by atoms with Gasteiger partial charge in [-0.3, -0.25) is 4.98 Å². The fourth-order valence-electron chi connectivity index (χ4n) is 1.32. The number of hydrogen-bond acceptors (Lipinski definition) is 3. The Kier molecular flexibility index (Phi) is 2.75. The van der Waals surface area contributed by atoms with E-state index in [-0.39, 0.29) is 24.1 Å². The molecular weight excluding hydrogens is 221 g/mol. The first-order valence-electron chi connectivity index (χ1n) is 4.93. The van der Waals surface area contributed by atoms with Gasteiger partial charge in [-0.05, 0) is 18.9 Å². The molecule has 6 heteroatoms. The lowest BCUT2D eigenvalue weighted by Crippen LogP contribution is -2.14. The molecule has 1 saturated carbocycles. The van der Waals surface area contributed by atoms with Gasteiger partial charge >= 0.3 is 6.18 Å². The molecule has 88 valence electrons. The van der Waals surface area contributed by atoms with Crippen molar-refractivity contribution in [3.05, 3.63) is 23.5 Å². The van der Waals surface area contributed by atoms with Gasteiger partial charge in [0.1, 0.15) is 5.75 Å². The molecule has 2 N–H and O–H groups in total. The zero-order valence-corrected chi connectivity index (χ0v) is 8.42. The number of nitrogens with two attached hydrogens (primary N) is 1. The first-order chi connectivity index (χ1) is 7.50. The average molecular weight is 232 g/mol. The number of aromatic nitrogens is 1. The minimum absolute atomic E-state index is 0.0478. The van der Waals surface area contributed by atoms with Gasteiger partial charge in [0, 0.05) is 6.54 Å². The minimum atomic E-state index is -4.44. The van der Waals surface area contributed by atoms with Gasteiger partial charge in [-0.1, -0.05) is 0 Å². The minimum Gasteiger partial charge on any atom is -0.489 e. The summed E-state index contributed by atoms with van der Waals surface area (Å²) in [6, 6.07) is 0.966. The summed E-state index contributed by atoms with van der Waals surface area (Å²) < 4.78 is 43.1. The van der Waals surface area contributed by atoms with Crippen LogP contribution in [-0.2, 0) is 12.7 Å². The Morgan fingerprint density at radius 3 is 2.62 bits per heavy atom. The maximum Gasteiger partial charge on any atom is 0.418 e. The first kappa shape index (κ1) is 11.2. The van der Waals surface area contributed by atoms with E-state index in [1.807, 2.05) is 0 Å². The van der Waals surface area contributed by atoms with E-state index in [1.54, 1.807) is 0 Å². The molecule has 1 aromatic rings. The third-order valence-electron chi connectivity index (χ3n) is 2.27. The first-order valence-corrected chi connectivity index (χ1v) is 4.93. The van der Waals surface area contributed by atoms with Crippen LogP contribution in [0.2, 0.25) is 0 Å². The molecule has 0 atom stereocenters. The van der Waals surface area contributed by atoms with Gasteiger partial charge in [-0.2, -0.15) is 13.2 Å². The van der Waals surface area contributed by atoms with Crippen molar-refractivity contribution in [2.75, 3.05) is 0 Å². The van der Waals surface area contributed by atoms with E-state index in [1.165, 1.54) is 6.20 Å². The van der Waals surface area contributed by atoms with Crippen molar-refractivity contribution in [3.63, 3.8) is 0 Å². The van der Waals surface area contributed by atoms with Crippen molar-refractivity contribution in [2.24, 2.45) is 5.73 Å². The summed E-state index contributed by atoms with van der Waals surface area (Å²) in [6.07, 6.45) is -1.33. The number of rotatable bonds is 3. The lowest BCUT2D eigenvalue weighted by molar-refractivity contribution is -0.138. The molecule has 1 fully saturated rings. The maximum absolute atomic E-state index is 12.6. The van der Waals surface area contributed by atoms with Gasteiger partial charge < -0.3 is 10.5 Å². The van der Waals surface area contributed by atoms with E-state index in [0.717, 1.165) is 18.9 Å². The van der Waals surface area contributed by atoms with Crippen LogP contribution in [0.1, 0.15) is 24.1 Å². The lowest BCUT2D eigenvalue weighted by atomic mass is 10.2. The van der Waals surface area contributed by atoms with Crippen LogP contribution in [0.25, 0.3) is 0 Å². The number of hydrogen-bond donors (Lipinski definition) is 1. The van der Waals surface area contributed by atoms with Gasteiger partial charge in [0.25, 0.3) is 0 Å². The summed E-state index contributed by atoms with van der Waals surface area (Å²) in [5.41, 5.74) is 4.24. The zero-order valence-electron chi connectivity index (χ0n) is 8.42. The predicted molar refractivity (Wildman–Crippen MR) is 50.8 cm³/mol. The Morgan fingerprint density at radius 1 is 1.44 bits per heavy atom. The quantitative estimate of drug-likeness (QED) is 0.868. The molecule has 0 unspecified atom stereocenters. The third kappa shape index (κ3) is 2.44. The van der Waals surface area contributed by atoms with Crippen molar-refractivity contribution in [3.8, 4) is 5.75 Å². The molecule has 16 heavy (non-hydrogen) atoms. The molecule has 0 aromatic carbocycles. The average Bonchev–Trinajstić information content (AvgIpc) is 3.00. The van der Waals surface area contributed by atoms with Gasteiger partial charge in [0.05, 0.1) is 23.6 Å². The van der Waals surface area contributed by atoms with E-state index in [2.05, 4.69) is 4.98 Å². The summed E-state index contributed by atoms with van der Waals surface area (Å²) >= 11 is 0. The molecule has 0 radical (unpaired) electrons. The van der Waals surface area contributed by atoms with Crippen LogP contribution in [0.4, 0.5) is 13.2 Å². The topological polar surface area (TPSA) is 48.1 Å². The SMILES string of the molecule is NCc1ncc(OC2CC2)cc1C(F)(F)F.